The molecule has 0 N–H and O–H groups in total. The Morgan fingerprint density at radius 1 is 1.47 bits per heavy atom. The second kappa shape index (κ2) is 6.16. The molecule has 0 unspecified atom stereocenters. The summed E-state index contributed by atoms with van der Waals surface area (Å²) in [6, 6.07) is 0. The van der Waals surface area contributed by atoms with Gasteiger partial charge in [-0.3, -0.25) is 4.79 Å². The molecule has 0 bridgehead atoms. The van der Waals surface area contributed by atoms with Crippen molar-refractivity contribution in [2.24, 2.45) is 0 Å². The zero-order valence-corrected chi connectivity index (χ0v) is 11.2. The van der Waals surface area contributed by atoms with E-state index < -0.39 is 15.4 Å². The molecule has 5 nitrogen and oxygen atoms in total. The van der Waals surface area contributed by atoms with Crippen LogP contribution in [0.2, 0.25) is 0 Å². The van der Waals surface area contributed by atoms with E-state index in [1.54, 1.807) is 0 Å². The van der Waals surface area contributed by atoms with E-state index in [9.17, 15) is 13.2 Å². The Morgan fingerprint density at radius 2 is 2.18 bits per heavy atom. The Kier molecular flexibility index (Phi) is 5.14. The molecule has 1 rings (SSSR count). The largest absolute Gasteiger partial charge is 0.312 e. The molecule has 0 amide bonds. The van der Waals surface area contributed by atoms with Gasteiger partial charge in [-0.1, -0.05) is 6.92 Å². The number of hydrogen-bond donors (Lipinski definition) is 0. The minimum Gasteiger partial charge on any atom is -0.312 e. The van der Waals surface area contributed by atoms with Gasteiger partial charge in [0.2, 0.25) is 14.9 Å². The summed E-state index contributed by atoms with van der Waals surface area (Å²) in [5.41, 5.74) is -0.552. The van der Waals surface area contributed by atoms with E-state index in [1.807, 2.05) is 6.92 Å². The summed E-state index contributed by atoms with van der Waals surface area (Å²) in [6.07, 6.45) is 3.90. The highest BCUT2D eigenvalue weighted by molar-refractivity contribution is 7.91. The van der Waals surface area contributed by atoms with Crippen molar-refractivity contribution in [3.63, 3.8) is 0 Å². The van der Waals surface area contributed by atoms with Crippen LogP contribution < -0.4 is 5.56 Å². The molecule has 0 aliphatic heterocycles. The van der Waals surface area contributed by atoms with Crippen molar-refractivity contribution in [2.45, 2.75) is 31.3 Å². The van der Waals surface area contributed by atoms with Crippen LogP contribution in [0.25, 0.3) is 0 Å². The van der Waals surface area contributed by atoms with Gasteiger partial charge in [-0.05, 0) is 12.8 Å². The van der Waals surface area contributed by atoms with Crippen LogP contribution in [0, 0.1) is 0 Å². The van der Waals surface area contributed by atoms with Crippen molar-refractivity contribution in [2.75, 3.05) is 11.6 Å². The van der Waals surface area contributed by atoms with E-state index in [-0.39, 0.29) is 16.7 Å². The molecule has 1 aromatic heterocycles. The third kappa shape index (κ3) is 3.54. The number of sulfone groups is 1. The van der Waals surface area contributed by atoms with Crippen LogP contribution >= 0.6 is 11.6 Å². The molecule has 17 heavy (non-hydrogen) atoms. The predicted molar refractivity (Wildman–Crippen MR) is 66.2 cm³/mol. The van der Waals surface area contributed by atoms with Crippen molar-refractivity contribution in [1.82, 2.24) is 9.55 Å². The normalized spacial score (nSPS) is 11.6. The highest BCUT2D eigenvalue weighted by Gasteiger charge is 2.20. The van der Waals surface area contributed by atoms with Crippen LogP contribution in [0.3, 0.4) is 0 Å². The molecule has 1 heterocycles. The van der Waals surface area contributed by atoms with Gasteiger partial charge < -0.3 is 4.57 Å². The summed E-state index contributed by atoms with van der Waals surface area (Å²) in [5.74, 6) is 0.101. The van der Waals surface area contributed by atoms with Crippen LogP contribution in [-0.2, 0) is 16.4 Å². The topological polar surface area (TPSA) is 69.0 Å². The lowest BCUT2D eigenvalue weighted by Gasteiger charge is -2.06. The molecular weight excluding hydrogens is 264 g/mol. The summed E-state index contributed by atoms with van der Waals surface area (Å²) in [5, 5.41) is -0.376. The van der Waals surface area contributed by atoms with Crippen LogP contribution in [0.4, 0.5) is 0 Å². The number of alkyl halides is 1. The van der Waals surface area contributed by atoms with Crippen molar-refractivity contribution < 1.29 is 8.42 Å². The molecule has 7 heteroatoms. The quantitative estimate of drug-likeness (QED) is 0.730. The fourth-order valence-corrected chi connectivity index (χ4v) is 3.01. The first-order valence-electron chi connectivity index (χ1n) is 5.37. The second-order valence-corrected chi connectivity index (χ2v) is 5.99. The van der Waals surface area contributed by atoms with Crippen LogP contribution in [0.5, 0.6) is 0 Å². The first-order chi connectivity index (χ1) is 8.03. The van der Waals surface area contributed by atoms with E-state index in [4.69, 9.17) is 11.6 Å². The number of halogens is 1. The van der Waals surface area contributed by atoms with Crippen LogP contribution in [0.1, 0.15) is 19.8 Å². The number of hydrogen-bond acceptors (Lipinski definition) is 4. The Morgan fingerprint density at radius 3 is 2.76 bits per heavy atom. The smallest absolute Gasteiger partial charge is 0.288 e. The molecule has 0 aliphatic carbocycles. The lowest BCUT2D eigenvalue weighted by molar-refractivity contribution is 0.578. The maximum atomic E-state index is 11.9. The monoisotopic (exact) mass is 278 g/mol. The molecule has 0 spiro atoms. The van der Waals surface area contributed by atoms with E-state index in [2.05, 4.69) is 4.98 Å². The van der Waals surface area contributed by atoms with Crippen LogP contribution in [-0.4, -0.2) is 29.6 Å². The first kappa shape index (κ1) is 14.2. The van der Waals surface area contributed by atoms with Crippen molar-refractivity contribution in [1.29, 1.82) is 0 Å². The standard InChI is InChI=1S/C10H15ClN2O3S/c1-2-6-13-7-5-12-9(10(13)14)17(15,16)8-3-4-11/h5,7H,2-4,6,8H2,1H3. The third-order valence-corrected chi connectivity index (χ3v) is 4.15. The molecular formula is C10H15ClN2O3S. The zero-order chi connectivity index (χ0) is 12.9. The SMILES string of the molecule is CCCn1ccnc(S(=O)(=O)CCCCl)c1=O. The molecule has 96 valence electrons. The summed E-state index contributed by atoms with van der Waals surface area (Å²) in [7, 11) is -3.62. The second-order valence-electron chi connectivity index (χ2n) is 3.59. The Hall–Kier alpha value is -0.880. The number of rotatable bonds is 6. The van der Waals surface area contributed by atoms with Gasteiger partial charge in [0.25, 0.3) is 5.56 Å². The van der Waals surface area contributed by atoms with E-state index >= 15 is 0 Å². The lowest BCUT2D eigenvalue weighted by atomic mass is 10.5. The van der Waals surface area contributed by atoms with Crippen molar-refractivity contribution >= 4 is 21.4 Å². The molecule has 0 atom stereocenters. The molecule has 0 saturated carbocycles. The fourth-order valence-electron chi connectivity index (χ4n) is 1.40. The zero-order valence-electron chi connectivity index (χ0n) is 9.60. The number of aryl methyl sites for hydroxylation is 1. The first-order valence-corrected chi connectivity index (χ1v) is 7.55. The molecule has 0 fully saturated rings. The maximum Gasteiger partial charge on any atom is 0.288 e. The summed E-state index contributed by atoms with van der Waals surface area (Å²) in [4.78, 5) is 15.5. The molecule has 0 aromatic carbocycles. The number of aromatic nitrogens is 2. The van der Waals surface area contributed by atoms with Gasteiger partial charge in [0.1, 0.15) is 0 Å². The van der Waals surface area contributed by atoms with Gasteiger partial charge in [-0.25, -0.2) is 13.4 Å². The third-order valence-electron chi connectivity index (χ3n) is 2.19. The minimum absolute atomic E-state index is 0.144. The van der Waals surface area contributed by atoms with Gasteiger partial charge in [0.15, 0.2) is 0 Å². The summed E-state index contributed by atoms with van der Waals surface area (Å²) in [6.45, 7) is 2.40. The lowest BCUT2D eigenvalue weighted by Crippen LogP contribution is -2.28. The molecule has 0 radical (unpaired) electrons. The van der Waals surface area contributed by atoms with Gasteiger partial charge in [0.05, 0.1) is 5.75 Å². The average Bonchev–Trinajstić information content (AvgIpc) is 2.29. The van der Waals surface area contributed by atoms with Gasteiger partial charge in [-0.15, -0.1) is 11.6 Å². The summed E-state index contributed by atoms with van der Waals surface area (Å²) >= 11 is 5.45. The fraction of sp³-hybridized carbons (Fsp3) is 0.600. The number of nitrogens with zero attached hydrogens (tertiary/aromatic N) is 2. The highest BCUT2D eigenvalue weighted by atomic mass is 35.5. The molecule has 0 aliphatic rings. The van der Waals surface area contributed by atoms with Gasteiger partial charge in [-0.2, -0.15) is 0 Å². The highest BCUT2D eigenvalue weighted by Crippen LogP contribution is 2.04. The van der Waals surface area contributed by atoms with Crippen molar-refractivity contribution in [3.05, 3.63) is 22.7 Å². The minimum atomic E-state index is -3.62. The van der Waals surface area contributed by atoms with Crippen LogP contribution in [0.15, 0.2) is 22.2 Å². The van der Waals surface area contributed by atoms with E-state index in [1.165, 1.54) is 17.0 Å². The summed E-state index contributed by atoms with van der Waals surface area (Å²) < 4.78 is 25.0. The maximum absolute atomic E-state index is 11.9. The van der Waals surface area contributed by atoms with Gasteiger partial charge in [0, 0.05) is 24.8 Å². The van der Waals surface area contributed by atoms with E-state index in [0.717, 1.165) is 6.42 Å². The average molecular weight is 279 g/mol. The van der Waals surface area contributed by atoms with E-state index in [0.29, 0.717) is 13.0 Å². The molecule has 1 aromatic rings. The Labute approximate surface area is 105 Å². The van der Waals surface area contributed by atoms with Crippen molar-refractivity contribution in [3.8, 4) is 0 Å². The molecule has 0 saturated heterocycles. The predicted octanol–water partition coefficient (Wildman–Crippen LogP) is 1.06. The van der Waals surface area contributed by atoms with Gasteiger partial charge >= 0.3 is 0 Å². The Bertz CT molecular complexity index is 525. The Balaban J connectivity index is 3.14.